The predicted molar refractivity (Wildman–Crippen MR) is 95.8 cm³/mol. The summed E-state index contributed by atoms with van der Waals surface area (Å²) in [5, 5.41) is 3.20. The van der Waals surface area contributed by atoms with Crippen LogP contribution in [0.1, 0.15) is 29.3 Å². The Morgan fingerprint density at radius 2 is 1.74 bits per heavy atom. The van der Waals surface area contributed by atoms with Gasteiger partial charge in [-0.3, -0.25) is 4.79 Å². The third-order valence-electron chi connectivity index (χ3n) is 3.43. The standard InChI is InChI=1S/C17H22N4OS/c1-9-6-10(2)15(11(3)7-9)21-16(22)13(5)23-17-19-12(4)8-14(18)20-17/h6-8,13H,1-5H3,(H,21,22)(H2,18,19,20). The number of carbonyl (C=O) groups is 1. The molecule has 0 aliphatic heterocycles. The Morgan fingerprint density at radius 3 is 2.30 bits per heavy atom. The third-order valence-corrected chi connectivity index (χ3v) is 4.39. The summed E-state index contributed by atoms with van der Waals surface area (Å²) < 4.78 is 0. The number of hydrogen-bond donors (Lipinski definition) is 2. The Labute approximate surface area is 141 Å². The van der Waals surface area contributed by atoms with E-state index >= 15 is 0 Å². The summed E-state index contributed by atoms with van der Waals surface area (Å²) in [6.07, 6.45) is 0. The summed E-state index contributed by atoms with van der Waals surface area (Å²) >= 11 is 1.30. The molecule has 0 aliphatic carbocycles. The van der Waals surface area contributed by atoms with E-state index in [2.05, 4.69) is 27.4 Å². The first kappa shape index (κ1) is 17.3. The van der Waals surface area contributed by atoms with Crippen LogP contribution < -0.4 is 11.1 Å². The molecule has 122 valence electrons. The molecule has 3 N–H and O–H groups in total. The Balaban J connectivity index is 2.11. The maximum Gasteiger partial charge on any atom is 0.237 e. The molecule has 0 fully saturated rings. The van der Waals surface area contributed by atoms with Crippen LogP contribution in [0.4, 0.5) is 11.5 Å². The fourth-order valence-electron chi connectivity index (χ4n) is 2.43. The third kappa shape index (κ3) is 4.45. The number of aryl methyl sites for hydroxylation is 4. The van der Waals surface area contributed by atoms with Crippen molar-refractivity contribution >= 4 is 29.2 Å². The van der Waals surface area contributed by atoms with Crippen LogP contribution in [0, 0.1) is 27.7 Å². The first-order valence-corrected chi connectivity index (χ1v) is 8.30. The highest BCUT2D eigenvalue weighted by Crippen LogP contribution is 2.25. The van der Waals surface area contributed by atoms with Gasteiger partial charge in [0.1, 0.15) is 5.82 Å². The number of rotatable bonds is 4. The van der Waals surface area contributed by atoms with Crippen molar-refractivity contribution in [3.8, 4) is 0 Å². The van der Waals surface area contributed by atoms with Crippen molar-refractivity contribution in [2.45, 2.75) is 45.0 Å². The fourth-order valence-corrected chi connectivity index (χ4v) is 3.27. The van der Waals surface area contributed by atoms with Crippen LogP contribution in [0.3, 0.4) is 0 Å². The minimum atomic E-state index is -0.323. The second-order valence-electron chi connectivity index (χ2n) is 5.74. The van der Waals surface area contributed by atoms with Crippen molar-refractivity contribution in [3.63, 3.8) is 0 Å². The van der Waals surface area contributed by atoms with E-state index in [1.165, 1.54) is 17.3 Å². The number of nitrogen functional groups attached to an aromatic ring is 1. The number of nitrogens with one attached hydrogen (secondary N) is 1. The molecular formula is C17H22N4OS. The Morgan fingerprint density at radius 1 is 1.13 bits per heavy atom. The average molecular weight is 330 g/mol. The molecule has 0 aliphatic rings. The van der Waals surface area contributed by atoms with Crippen LogP contribution in [-0.2, 0) is 4.79 Å². The first-order chi connectivity index (χ1) is 10.8. The quantitative estimate of drug-likeness (QED) is 0.663. The van der Waals surface area contributed by atoms with Crippen molar-refractivity contribution in [1.29, 1.82) is 0 Å². The van der Waals surface area contributed by atoms with Gasteiger partial charge in [-0.25, -0.2) is 9.97 Å². The lowest BCUT2D eigenvalue weighted by Gasteiger charge is -2.16. The van der Waals surface area contributed by atoms with Gasteiger partial charge in [0.15, 0.2) is 5.16 Å². The van der Waals surface area contributed by atoms with E-state index in [-0.39, 0.29) is 11.2 Å². The highest BCUT2D eigenvalue weighted by atomic mass is 32.2. The highest BCUT2D eigenvalue weighted by molar-refractivity contribution is 8.00. The van der Waals surface area contributed by atoms with Gasteiger partial charge in [-0.05, 0) is 45.7 Å². The topological polar surface area (TPSA) is 80.9 Å². The molecule has 23 heavy (non-hydrogen) atoms. The first-order valence-electron chi connectivity index (χ1n) is 7.43. The van der Waals surface area contributed by atoms with Crippen LogP contribution in [0.15, 0.2) is 23.4 Å². The average Bonchev–Trinajstić information content (AvgIpc) is 2.41. The smallest absolute Gasteiger partial charge is 0.237 e. The van der Waals surface area contributed by atoms with E-state index in [1.54, 1.807) is 6.07 Å². The van der Waals surface area contributed by atoms with E-state index in [0.717, 1.165) is 22.5 Å². The lowest BCUT2D eigenvalue weighted by atomic mass is 10.1. The highest BCUT2D eigenvalue weighted by Gasteiger charge is 2.18. The second-order valence-corrected chi connectivity index (χ2v) is 7.05. The van der Waals surface area contributed by atoms with E-state index < -0.39 is 0 Å². The summed E-state index contributed by atoms with van der Waals surface area (Å²) in [4.78, 5) is 20.9. The molecule has 2 rings (SSSR count). The summed E-state index contributed by atoms with van der Waals surface area (Å²) in [6, 6.07) is 5.82. The zero-order valence-electron chi connectivity index (χ0n) is 14.1. The molecule has 0 radical (unpaired) electrons. The number of nitrogens with two attached hydrogens (primary N) is 1. The van der Waals surface area contributed by atoms with Crippen LogP contribution in [0.2, 0.25) is 0 Å². The molecule has 1 atom stereocenters. The summed E-state index contributed by atoms with van der Waals surface area (Å²) in [6.45, 7) is 9.73. The Kier molecular flexibility index (Phi) is 5.26. The SMILES string of the molecule is Cc1cc(C)c(NC(=O)C(C)Sc2nc(C)cc(N)n2)c(C)c1. The van der Waals surface area contributed by atoms with Gasteiger partial charge >= 0.3 is 0 Å². The largest absolute Gasteiger partial charge is 0.384 e. The predicted octanol–water partition coefficient (Wildman–Crippen LogP) is 3.41. The van der Waals surface area contributed by atoms with Gasteiger partial charge in [0.05, 0.1) is 5.25 Å². The summed E-state index contributed by atoms with van der Waals surface area (Å²) in [7, 11) is 0. The Bertz CT molecular complexity index is 702. The second kappa shape index (κ2) is 7.00. The van der Waals surface area contributed by atoms with Crippen molar-refractivity contribution < 1.29 is 4.79 Å². The van der Waals surface area contributed by atoms with Crippen molar-refractivity contribution in [2.75, 3.05) is 11.1 Å². The number of anilines is 2. The number of amides is 1. The fraction of sp³-hybridized carbons (Fsp3) is 0.353. The molecule has 1 aromatic heterocycles. The van der Waals surface area contributed by atoms with Gasteiger partial charge in [0.25, 0.3) is 0 Å². The number of benzene rings is 1. The van der Waals surface area contributed by atoms with Crippen molar-refractivity contribution in [1.82, 2.24) is 9.97 Å². The van der Waals surface area contributed by atoms with Crippen molar-refractivity contribution in [3.05, 3.63) is 40.6 Å². The molecule has 0 spiro atoms. The van der Waals surface area contributed by atoms with Gasteiger partial charge in [0.2, 0.25) is 5.91 Å². The number of nitrogens with zero attached hydrogens (tertiary/aromatic N) is 2. The molecule has 1 heterocycles. The number of aromatic nitrogens is 2. The molecule has 2 aromatic rings. The minimum absolute atomic E-state index is 0.0752. The van der Waals surface area contributed by atoms with Gasteiger partial charge in [-0.15, -0.1) is 0 Å². The molecule has 1 amide bonds. The monoisotopic (exact) mass is 330 g/mol. The van der Waals surface area contributed by atoms with E-state index in [9.17, 15) is 4.79 Å². The Hall–Kier alpha value is -2.08. The number of carbonyl (C=O) groups excluding carboxylic acids is 1. The lowest BCUT2D eigenvalue weighted by Crippen LogP contribution is -2.23. The molecule has 1 aromatic carbocycles. The van der Waals surface area contributed by atoms with Crippen LogP contribution >= 0.6 is 11.8 Å². The van der Waals surface area contributed by atoms with Gasteiger partial charge in [-0.1, -0.05) is 29.5 Å². The molecule has 0 saturated carbocycles. The molecule has 5 nitrogen and oxygen atoms in total. The van der Waals surface area contributed by atoms with E-state index in [4.69, 9.17) is 5.73 Å². The molecular weight excluding hydrogens is 308 g/mol. The zero-order chi connectivity index (χ0) is 17.1. The minimum Gasteiger partial charge on any atom is -0.384 e. The van der Waals surface area contributed by atoms with Gasteiger partial charge in [-0.2, -0.15) is 0 Å². The maximum absolute atomic E-state index is 12.5. The molecule has 6 heteroatoms. The van der Waals surface area contributed by atoms with E-state index in [1.807, 2.05) is 34.6 Å². The summed E-state index contributed by atoms with van der Waals surface area (Å²) in [5.74, 6) is 0.339. The van der Waals surface area contributed by atoms with Crippen LogP contribution in [0.25, 0.3) is 0 Å². The van der Waals surface area contributed by atoms with Gasteiger partial charge in [0, 0.05) is 17.4 Å². The maximum atomic E-state index is 12.5. The van der Waals surface area contributed by atoms with Crippen LogP contribution in [-0.4, -0.2) is 21.1 Å². The zero-order valence-corrected chi connectivity index (χ0v) is 14.9. The summed E-state index contributed by atoms with van der Waals surface area (Å²) in [5.41, 5.74) is 10.7. The molecule has 1 unspecified atom stereocenters. The van der Waals surface area contributed by atoms with Crippen LogP contribution in [0.5, 0.6) is 0 Å². The van der Waals surface area contributed by atoms with E-state index in [0.29, 0.717) is 11.0 Å². The van der Waals surface area contributed by atoms with Gasteiger partial charge < -0.3 is 11.1 Å². The normalized spacial score (nSPS) is 12.0. The molecule has 0 bridgehead atoms. The number of hydrogen-bond acceptors (Lipinski definition) is 5. The lowest BCUT2D eigenvalue weighted by molar-refractivity contribution is -0.115. The molecule has 0 saturated heterocycles. The number of thioether (sulfide) groups is 1. The van der Waals surface area contributed by atoms with Crippen molar-refractivity contribution in [2.24, 2.45) is 0 Å².